The van der Waals surface area contributed by atoms with Crippen LogP contribution in [0, 0.1) is 5.41 Å². The molecule has 1 aromatic carbocycles. The SMILES string of the molecule is CCC[N+]1(C)CCCC1.N=C1C2=Cc3ccccc3C2=CC(S(=O)(=O)F)=C1S(=O)(=O)F. The van der Waals surface area contributed by atoms with Gasteiger partial charge < -0.3 is 4.48 Å². The number of likely N-dealkylation sites (tertiary alicyclic amines) is 1. The van der Waals surface area contributed by atoms with Crippen LogP contribution in [0.15, 0.2) is 45.7 Å². The zero-order valence-corrected chi connectivity index (χ0v) is 19.0. The lowest BCUT2D eigenvalue weighted by Crippen LogP contribution is -2.41. The van der Waals surface area contributed by atoms with Gasteiger partial charge in [-0.15, -0.1) is 7.77 Å². The van der Waals surface area contributed by atoms with Crippen molar-refractivity contribution in [2.75, 3.05) is 26.7 Å². The van der Waals surface area contributed by atoms with Crippen molar-refractivity contribution < 1.29 is 29.1 Å². The Morgan fingerprint density at radius 2 is 1.58 bits per heavy atom. The Morgan fingerprint density at radius 3 is 2.13 bits per heavy atom. The van der Waals surface area contributed by atoms with Crippen LogP contribution in [0.4, 0.5) is 7.77 Å². The van der Waals surface area contributed by atoms with E-state index in [1.54, 1.807) is 24.3 Å². The molecule has 0 radical (unpaired) electrons. The Kier molecular flexibility index (Phi) is 6.37. The molecular formula is C21H25F2N2O4S2+. The van der Waals surface area contributed by atoms with Gasteiger partial charge >= 0.3 is 20.4 Å². The minimum Gasteiger partial charge on any atom is -0.326 e. The van der Waals surface area contributed by atoms with Gasteiger partial charge in [0.1, 0.15) is 9.81 Å². The number of fused-ring (bicyclic) bond motifs is 3. The molecule has 0 unspecified atom stereocenters. The number of benzene rings is 1. The van der Waals surface area contributed by atoms with Gasteiger partial charge in [0.05, 0.1) is 32.4 Å². The van der Waals surface area contributed by atoms with Crippen LogP contribution >= 0.6 is 0 Å². The molecule has 0 saturated carbocycles. The van der Waals surface area contributed by atoms with Crippen LogP contribution in [0.25, 0.3) is 11.6 Å². The predicted octanol–water partition coefficient (Wildman–Crippen LogP) is 3.95. The zero-order valence-electron chi connectivity index (χ0n) is 17.4. The van der Waals surface area contributed by atoms with E-state index in [2.05, 4.69) is 14.0 Å². The average molecular weight is 472 g/mol. The topological polar surface area (TPSA) is 92.1 Å². The molecule has 0 bridgehead atoms. The van der Waals surface area contributed by atoms with E-state index in [0.29, 0.717) is 11.1 Å². The van der Waals surface area contributed by atoms with E-state index in [-0.39, 0.29) is 11.1 Å². The lowest BCUT2D eigenvalue weighted by Gasteiger charge is -2.28. The summed E-state index contributed by atoms with van der Waals surface area (Å²) in [7, 11) is -8.71. The van der Waals surface area contributed by atoms with Crippen LogP contribution in [0.2, 0.25) is 0 Å². The van der Waals surface area contributed by atoms with Gasteiger partial charge in [-0.05, 0) is 35.3 Å². The normalized spacial score (nSPS) is 19.8. The van der Waals surface area contributed by atoms with Crippen LogP contribution in [-0.2, 0) is 20.4 Å². The average Bonchev–Trinajstić information content (AvgIpc) is 3.25. The molecule has 3 aliphatic rings. The molecular weight excluding hydrogens is 446 g/mol. The van der Waals surface area contributed by atoms with Crippen molar-refractivity contribution in [1.29, 1.82) is 5.41 Å². The van der Waals surface area contributed by atoms with Gasteiger partial charge in [-0.1, -0.05) is 31.2 Å². The van der Waals surface area contributed by atoms with E-state index >= 15 is 0 Å². The first-order chi connectivity index (χ1) is 14.4. The molecule has 0 spiro atoms. The molecule has 2 aliphatic carbocycles. The second-order valence-electron chi connectivity index (χ2n) is 8.14. The van der Waals surface area contributed by atoms with Crippen molar-refractivity contribution in [3.63, 3.8) is 0 Å². The molecule has 0 aromatic heterocycles. The second-order valence-corrected chi connectivity index (χ2v) is 10.7. The van der Waals surface area contributed by atoms with E-state index in [1.165, 1.54) is 49.5 Å². The lowest BCUT2D eigenvalue weighted by atomic mass is 9.95. The molecule has 1 heterocycles. The van der Waals surface area contributed by atoms with Crippen molar-refractivity contribution in [3.05, 3.63) is 56.9 Å². The summed E-state index contributed by atoms with van der Waals surface area (Å²) in [5.41, 5.74) is 0.432. The summed E-state index contributed by atoms with van der Waals surface area (Å²) >= 11 is 0. The maximum atomic E-state index is 13.4. The molecule has 4 rings (SSSR count). The molecule has 6 nitrogen and oxygen atoms in total. The van der Waals surface area contributed by atoms with Crippen molar-refractivity contribution in [2.45, 2.75) is 26.2 Å². The summed E-state index contributed by atoms with van der Waals surface area (Å²) in [6.45, 7) is 6.52. The highest BCUT2D eigenvalue weighted by molar-refractivity contribution is 7.95. The predicted molar refractivity (Wildman–Crippen MR) is 118 cm³/mol. The van der Waals surface area contributed by atoms with Gasteiger partial charge in [-0.2, -0.15) is 16.8 Å². The number of nitrogens with zero attached hydrogens (tertiary/aromatic N) is 1. The standard InChI is InChI=1S/C13H7F2NO4S2.C8H18N/c14-21(17,18)11-6-9-8-4-2-1-3-7(8)5-10(9)12(16)13(11)22(15,19)20;1-3-6-9(2)7-4-5-8-9/h1-6,16H;3-8H2,1-2H3/q;+1. The summed E-state index contributed by atoms with van der Waals surface area (Å²) in [5, 5.41) is 7.80. The monoisotopic (exact) mass is 471 g/mol. The third-order valence-electron chi connectivity index (χ3n) is 5.75. The van der Waals surface area contributed by atoms with Gasteiger partial charge in [0.15, 0.2) is 0 Å². The number of hydrogen-bond acceptors (Lipinski definition) is 5. The quantitative estimate of drug-likeness (QED) is 0.532. The molecule has 1 fully saturated rings. The van der Waals surface area contributed by atoms with E-state index in [4.69, 9.17) is 5.41 Å². The summed E-state index contributed by atoms with van der Waals surface area (Å²) in [6, 6.07) is 6.59. The molecule has 1 aliphatic heterocycles. The summed E-state index contributed by atoms with van der Waals surface area (Å²) in [5.74, 6) is 0. The van der Waals surface area contributed by atoms with Crippen LogP contribution in [0.3, 0.4) is 0 Å². The third-order valence-corrected chi connectivity index (χ3v) is 7.64. The number of rotatable bonds is 4. The zero-order chi connectivity index (χ0) is 23.0. The van der Waals surface area contributed by atoms with E-state index in [9.17, 15) is 24.6 Å². The van der Waals surface area contributed by atoms with E-state index < -0.39 is 36.0 Å². The number of hydrogen-bond donors (Lipinski definition) is 1. The minimum absolute atomic E-state index is 0.0322. The van der Waals surface area contributed by atoms with Crippen molar-refractivity contribution in [2.24, 2.45) is 0 Å². The Bertz CT molecular complexity index is 1220. The third kappa shape index (κ3) is 4.86. The van der Waals surface area contributed by atoms with E-state index in [0.717, 1.165) is 6.08 Å². The maximum Gasteiger partial charge on any atom is 0.335 e. The largest absolute Gasteiger partial charge is 0.335 e. The van der Waals surface area contributed by atoms with Crippen molar-refractivity contribution in [3.8, 4) is 0 Å². The first kappa shape index (κ1) is 23.5. The smallest absolute Gasteiger partial charge is 0.326 e. The van der Waals surface area contributed by atoms with Gasteiger partial charge in [-0.3, -0.25) is 5.41 Å². The van der Waals surface area contributed by atoms with Gasteiger partial charge in [0.25, 0.3) is 0 Å². The number of nitrogens with one attached hydrogen (secondary N) is 1. The fourth-order valence-electron chi connectivity index (χ4n) is 4.34. The van der Waals surface area contributed by atoms with Crippen LogP contribution in [0.5, 0.6) is 0 Å². The fraction of sp³-hybridized carbons (Fsp3) is 0.381. The van der Waals surface area contributed by atoms with Gasteiger partial charge in [0.2, 0.25) is 0 Å². The van der Waals surface area contributed by atoms with Crippen LogP contribution in [0.1, 0.15) is 37.3 Å². The summed E-state index contributed by atoms with van der Waals surface area (Å²) in [4.78, 5) is -2.83. The second kappa shape index (κ2) is 8.40. The Labute approximate surface area is 182 Å². The number of halogens is 2. The maximum absolute atomic E-state index is 13.4. The highest BCUT2D eigenvalue weighted by Crippen LogP contribution is 2.43. The first-order valence-corrected chi connectivity index (χ1v) is 12.7. The minimum atomic E-state index is -5.58. The summed E-state index contributed by atoms with van der Waals surface area (Å²) < 4.78 is 72.8. The molecule has 10 heteroatoms. The van der Waals surface area contributed by atoms with E-state index in [1.807, 2.05) is 0 Å². The van der Waals surface area contributed by atoms with Gasteiger partial charge in [-0.25, -0.2) is 0 Å². The molecule has 1 saturated heterocycles. The molecule has 168 valence electrons. The first-order valence-electron chi connectivity index (χ1n) is 9.97. The Balaban J connectivity index is 0.000000254. The highest BCUT2D eigenvalue weighted by Gasteiger charge is 2.39. The number of allylic oxidation sites excluding steroid dienone is 4. The Hall–Kier alpha value is -2.17. The lowest BCUT2D eigenvalue weighted by molar-refractivity contribution is -0.897. The van der Waals surface area contributed by atoms with Crippen LogP contribution < -0.4 is 0 Å². The van der Waals surface area contributed by atoms with Gasteiger partial charge in [0, 0.05) is 18.4 Å². The van der Waals surface area contributed by atoms with Crippen LogP contribution in [-0.4, -0.2) is 53.7 Å². The molecule has 1 N–H and O–H groups in total. The molecule has 1 aromatic rings. The summed E-state index contributed by atoms with van der Waals surface area (Å²) in [6.07, 6.45) is 6.43. The fourth-order valence-corrected chi connectivity index (χ4v) is 6.17. The highest BCUT2D eigenvalue weighted by atomic mass is 32.3. The van der Waals surface area contributed by atoms with Crippen molar-refractivity contribution >= 4 is 37.8 Å². The van der Waals surface area contributed by atoms with Crippen molar-refractivity contribution in [1.82, 2.24) is 0 Å². The molecule has 0 amide bonds. The number of quaternary nitrogens is 1. The molecule has 0 atom stereocenters. The Morgan fingerprint density at radius 1 is 0.968 bits per heavy atom. The molecule has 31 heavy (non-hydrogen) atoms.